The van der Waals surface area contributed by atoms with E-state index in [2.05, 4.69) is 5.92 Å². The summed E-state index contributed by atoms with van der Waals surface area (Å²) in [5.41, 5.74) is 0.707. The number of para-hydroxylation sites is 1. The standard InChI is InChI=1S/C18H15NO2/c1-2-12-18(21)15-10-6-7-11-16(15)19(17(18)20)13-14-8-4-3-5-9-14/h1,3-11,21H,12-13H2. The first-order chi connectivity index (χ1) is 10.2. The van der Waals surface area contributed by atoms with Crippen LogP contribution >= 0.6 is 0 Å². The van der Waals surface area contributed by atoms with E-state index in [0.29, 0.717) is 12.1 Å². The van der Waals surface area contributed by atoms with Gasteiger partial charge in [-0.1, -0.05) is 48.5 Å². The lowest BCUT2D eigenvalue weighted by Gasteiger charge is -2.21. The van der Waals surface area contributed by atoms with Gasteiger partial charge in [-0.3, -0.25) is 4.79 Å². The van der Waals surface area contributed by atoms with E-state index in [1.54, 1.807) is 17.0 Å². The molecule has 21 heavy (non-hydrogen) atoms. The molecule has 104 valence electrons. The van der Waals surface area contributed by atoms with E-state index in [0.717, 1.165) is 11.3 Å². The smallest absolute Gasteiger partial charge is 0.265 e. The van der Waals surface area contributed by atoms with Crippen LogP contribution in [-0.2, 0) is 16.9 Å². The second kappa shape index (κ2) is 5.08. The highest BCUT2D eigenvalue weighted by Crippen LogP contribution is 2.42. The maximum atomic E-state index is 12.7. The molecule has 0 aromatic heterocycles. The minimum Gasteiger partial charge on any atom is -0.374 e. The van der Waals surface area contributed by atoms with Crippen molar-refractivity contribution >= 4 is 11.6 Å². The van der Waals surface area contributed by atoms with Gasteiger partial charge in [0.1, 0.15) is 0 Å². The van der Waals surface area contributed by atoms with Gasteiger partial charge >= 0.3 is 0 Å². The van der Waals surface area contributed by atoms with Gasteiger partial charge in [0, 0.05) is 5.56 Å². The summed E-state index contributed by atoms with van der Waals surface area (Å²) in [5.74, 6) is 2.05. The first-order valence-electron chi connectivity index (χ1n) is 6.78. The van der Waals surface area contributed by atoms with Crippen LogP contribution in [-0.4, -0.2) is 11.0 Å². The van der Waals surface area contributed by atoms with Crippen molar-refractivity contribution in [3.63, 3.8) is 0 Å². The van der Waals surface area contributed by atoms with Crippen LogP contribution in [0.1, 0.15) is 17.5 Å². The number of anilines is 1. The molecule has 0 saturated heterocycles. The number of benzene rings is 2. The van der Waals surface area contributed by atoms with Crippen molar-refractivity contribution in [3.05, 3.63) is 65.7 Å². The fourth-order valence-electron chi connectivity index (χ4n) is 2.75. The number of aliphatic hydroxyl groups is 1. The molecule has 0 saturated carbocycles. The van der Waals surface area contributed by atoms with Crippen molar-refractivity contribution in [3.8, 4) is 12.3 Å². The lowest BCUT2D eigenvalue weighted by molar-refractivity contribution is -0.135. The van der Waals surface area contributed by atoms with Crippen LogP contribution in [0.4, 0.5) is 5.69 Å². The fraction of sp³-hybridized carbons (Fsp3) is 0.167. The maximum absolute atomic E-state index is 12.7. The van der Waals surface area contributed by atoms with Gasteiger partial charge in [0.25, 0.3) is 5.91 Å². The minimum absolute atomic E-state index is 0.0197. The van der Waals surface area contributed by atoms with Gasteiger partial charge in [0.05, 0.1) is 18.7 Å². The molecule has 1 N–H and O–H groups in total. The molecule has 1 heterocycles. The summed E-state index contributed by atoms with van der Waals surface area (Å²) in [4.78, 5) is 14.3. The Labute approximate surface area is 123 Å². The first kappa shape index (κ1) is 13.4. The van der Waals surface area contributed by atoms with Gasteiger partial charge in [-0.2, -0.15) is 0 Å². The highest BCUT2D eigenvalue weighted by atomic mass is 16.3. The zero-order chi connectivity index (χ0) is 14.9. The van der Waals surface area contributed by atoms with E-state index >= 15 is 0 Å². The van der Waals surface area contributed by atoms with Gasteiger partial charge in [-0.05, 0) is 11.6 Å². The van der Waals surface area contributed by atoms with Crippen molar-refractivity contribution in [2.45, 2.75) is 18.6 Å². The van der Waals surface area contributed by atoms with E-state index in [9.17, 15) is 9.90 Å². The molecule has 2 aromatic carbocycles. The molecule has 1 aliphatic heterocycles. The highest BCUT2D eigenvalue weighted by molar-refractivity contribution is 6.06. The van der Waals surface area contributed by atoms with Gasteiger partial charge in [0.2, 0.25) is 0 Å². The Kier molecular flexibility index (Phi) is 3.25. The average molecular weight is 277 g/mol. The normalized spacial score (nSPS) is 20.2. The zero-order valence-corrected chi connectivity index (χ0v) is 11.5. The quantitative estimate of drug-likeness (QED) is 0.875. The van der Waals surface area contributed by atoms with E-state index in [1.807, 2.05) is 42.5 Å². The molecule has 0 fully saturated rings. The lowest BCUT2D eigenvalue weighted by atomic mass is 9.92. The molecule has 1 amide bonds. The molecule has 0 radical (unpaired) electrons. The maximum Gasteiger partial charge on any atom is 0.265 e. The van der Waals surface area contributed by atoms with Crippen molar-refractivity contribution in [1.82, 2.24) is 0 Å². The summed E-state index contributed by atoms with van der Waals surface area (Å²) < 4.78 is 0. The van der Waals surface area contributed by atoms with Gasteiger partial charge in [0.15, 0.2) is 5.60 Å². The SMILES string of the molecule is C#CCC1(O)C(=O)N(Cc2ccccc2)c2ccccc21. The Bertz CT molecular complexity index is 717. The number of carbonyl (C=O) groups excluding carboxylic acids is 1. The Balaban J connectivity index is 2.03. The third-order valence-electron chi connectivity index (χ3n) is 3.78. The molecule has 3 heteroatoms. The first-order valence-corrected chi connectivity index (χ1v) is 6.78. The summed E-state index contributed by atoms with van der Waals surface area (Å²) >= 11 is 0. The number of amides is 1. The summed E-state index contributed by atoms with van der Waals surface area (Å²) in [7, 11) is 0. The second-order valence-electron chi connectivity index (χ2n) is 5.14. The number of fused-ring (bicyclic) bond motifs is 1. The molecular weight excluding hydrogens is 262 g/mol. The van der Waals surface area contributed by atoms with Crippen molar-refractivity contribution < 1.29 is 9.90 Å². The largest absolute Gasteiger partial charge is 0.374 e. The van der Waals surface area contributed by atoms with Gasteiger partial charge < -0.3 is 10.0 Å². The Morgan fingerprint density at radius 1 is 1.10 bits per heavy atom. The zero-order valence-electron chi connectivity index (χ0n) is 11.5. The predicted molar refractivity (Wildman–Crippen MR) is 81.4 cm³/mol. The fourth-order valence-corrected chi connectivity index (χ4v) is 2.75. The Morgan fingerprint density at radius 2 is 1.76 bits per heavy atom. The third kappa shape index (κ3) is 2.10. The molecule has 3 rings (SSSR count). The summed E-state index contributed by atoms with van der Waals surface area (Å²) in [5, 5.41) is 10.7. The number of hydrogen-bond donors (Lipinski definition) is 1. The molecule has 1 unspecified atom stereocenters. The molecule has 1 aliphatic rings. The molecule has 0 aliphatic carbocycles. The van der Waals surface area contributed by atoms with E-state index in [1.165, 1.54) is 0 Å². The summed E-state index contributed by atoms with van der Waals surface area (Å²) in [6.45, 7) is 0.420. The Hall–Kier alpha value is -2.57. The minimum atomic E-state index is -1.61. The van der Waals surface area contributed by atoms with Crippen molar-refractivity contribution in [1.29, 1.82) is 0 Å². The van der Waals surface area contributed by atoms with E-state index in [-0.39, 0.29) is 12.3 Å². The number of carbonyl (C=O) groups is 1. The lowest BCUT2D eigenvalue weighted by Crippen LogP contribution is -2.39. The van der Waals surface area contributed by atoms with Crippen LogP contribution in [0.2, 0.25) is 0 Å². The van der Waals surface area contributed by atoms with Crippen LogP contribution in [0.5, 0.6) is 0 Å². The number of terminal acetylenes is 1. The van der Waals surface area contributed by atoms with Crippen LogP contribution in [0.15, 0.2) is 54.6 Å². The van der Waals surface area contributed by atoms with Crippen LogP contribution in [0.3, 0.4) is 0 Å². The van der Waals surface area contributed by atoms with Crippen molar-refractivity contribution in [2.75, 3.05) is 4.90 Å². The number of hydrogen-bond acceptors (Lipinski definition) is 2. The average Bonchev–Trinajstić information content (AvgIpc) is 2.72. The monoisotopic (exact) mass is 277 g/mol. The number of nitrogens with zero attached hydrogens (tertiary/aromatic N) is 1. The molecule has 1 atom stereocenters. The second-order valence-corrected chi connectivity index (χ2v) is 5.14. The van der Waals surface area contributed by atoms with E-state index < -0.39 is 5.60 Å². The highest BCUT2D eigenvalue weighted by Gasteiger charge is 2.48. The van der Waals surface area contributed by atoms with E-state index in [4.69, 9.17) is 6.42 Å². The molecule has 3 nitrogen and oxygen atoms in total. The summed E-state index contributed by atoms with van der Waals surface area (Å²) in [6, 6.07) is 16.9. The molecule has 2 aromatic rings. The molecule has 0 bridgehead atoms. The molecule has 0 spiro atoms. The van der Waals surface area contributed by atoms with Crippen LogP contribution in [0, 0.1) is 12.3 Å². The van der Waals surface area contributed by atoms with Crippen LogP contribution in [0.25, 0.3) is 0 Å². The summed E-state index contributed by atoms with van der Waals surface area (Å²) in [6.07, 6.45) is 5.31. The van der Waals surface area contributed by atoms with Crippen molar-refractivity contribution in [2.24, 2.45) is 0 Å². The topological polar surface area (TPSA) is 40.5 Å². The molecular formula is C18H15NO2. The third-order valence-corrected chi connectivity index (χ3v) is 3.78. The predicted octanol–water partition coefficient (Wildman–Crippen LogP) is 2.44. The van der Waals surface area contributed by atoms with Gasteiger partial charge in [-0.25, -0.2) is 0 Å². The van der Waals surface area contributed by atoms with Gasteiger partial charge in [-0.15, -0.1) is 12.3 Å². The number of rotatable bonds is 3. The van der Waals surface area contributed by atoms with Crippen LogP contribution < -0.4 is 4.90 Å². The Morgan fingerprint density at radius 3 is 2.48 bits per heavy atom.